The van der Waals surface area contributed by atoms with Crippen LogP contribution in [-0.2, 0) is 9.84 Å². The number of aromatic amines is 1. The van der Waals surface area contributed by atoms with Gasteiger partial charge in [0.25, 0.3) is 5.91 Å². The SMILES string of the molecule is Cc1cc(C)cc(S(=O)(=O)c2c(C(=O)N[C@H]3CCNC3)[nH]c3ccc(Cl)cc23)c1. The van der Waals surface area contributed by atoms with E-state index in [4.69, 9.17) is 11.6 Å². The fourth-order valence-corrected chi connectivity index (χ4v) is 5.78. The molecule has 3 aromatic rings. The normalized spacial score (nSPS) is 17.0. The first kappa shape index (κ1) is 19.9. The third-order valence-corrected chi connectivity index (χ3v) is 7.16. The number of carbonyl (C=O) groups is 1. The number of amides is 1. The fourth-order valence-electron chi connectivity index (χ4n) is 3.82. The van der Waals surface area contributed by atoms with Gasteiger partial charge in [-0.3, -0.25) is 4.79 Å². The van der Waals surface area contributed by atoms with E-state index in [9.17, 15) is 13.2 Å². The molecule has 1 aromatic heterocycles. The molecule has 0 saturated carbocycles. The molecule has 1 fully saturated rings. The average Bonchev–Trinajstić information content (AvgIpc) is 3.28. The summed E-state index contributed by atoms with van der Waals surface area (Å²) >= 11 is 6.15. The van der Waals surface area contributed by atoms with Crippen LogP contribution in [0, 0.1) is 13.8 Å². The van der Waals surface area contributed by atoms with Gasteiger partial charge in [0, 0.05) is 28.5 Å². The van der Waals surface area contributed by atoms with Gasteiger partial charge in [-0.15, -0.1) is 0 Å². The Morgan fingerprint density at radius 2 is 1.86 bits per heavy atom. The Hall–Kier alpha value is -2.35. The van der Waals surface area contributed by atoms with Crippen LogP contribution in [0.1, 0.15) is 28.0 Å². The molecule has 2 aromatic carbocycles. The molecule has 0 radical (unpaired) electrons. The molecule has 1 saturated heterocycles. The Morgan fingerprint density at radius 1 is 1.14 bits per heavy atom. The molecule has 0 aliphatic carbocycles. The molecule has 3 N–H and O–H groups in total. The highest BCUT2D eigenvalue weighted by atomic mass is 35.5. The largest absolute Gasteiger partial charge is 0.349 e. The monoisotopic (exact) mass is 431 g/mol. The van der Waals surface area contributed by atoms with Gasteiger partial charge in [-0.05, 0) is 68.3 Å². The number of rotatable bonds is 4. The third kappa shape index (κ3) is 3.77. The van der Waals surface area contributed by atoms with Crippen molar-refractivity contribution < 1.29 is 13.2 Å². The maximum atomic E-state index is 13.6. The summed E-state index contributed by atoms with van der Waals surface area (Å²) in [6.45, 7) is 5.18. The van der Waals surface area contributed by atoms with Crippen molar-refractivity contribution >= 4 is 38.2 Å². The summed E-state index contributed by atoms with van der Waals surface area (Å²) in [5, 5.41) is 6.92. The molecule has 1 amide bonds. The zero-order valence-corrected chi connectivity index (χ0v) is 17.7. The lowest BCUT2D eigenvalue weighted by Gasteiger charge is -2.13. The van der Waals surface area contributed by atoms with E-state index in [2.05, 4.69) is 15.6 Å². The van der Waals surface area contributed by atoms with E-state index in [0.717, 1.165) is 24.1 Å². The molecule has 0 bridgehead atoms. The number of sulfone groups is 1. The highest BCUT2D eigenvalue weighted by Gasteiger charge is 2.31. The summed E-state index contributed by atoms with van der Waals surface area (Å²) in [7, 11) is -3.96. The van der Waals surface area contributed by atoms with Crippen LogP contribution in [0.3, 0.4) is 0 Å². The lowest BCUT2D eigenvalue weighted by atomic mass is 10.2. The third-order valence-electron chi connectivity index (χ3n) is 5.11. The van der Waals surface area contributed by atoms with Gasteiger partial charge in [0.05, 0.1) is 4.90 Å². The van der Waals surface area contributed by atoms with Crippen molar-refractivity contribution in [3.63, 3.8) is 0 Å². The van der Waals surface area contributed by atoms with Crippen molar-refractivity contribution in [3.8, 4) is 0 Å². The van der Waals surface area contributed by atoms with Gasteiger partial charge in [0.2, 0.25) is 9.84 Å². The summed E-state index contributed by atoms with van der Waals surface area (Å²) in [6.07, 6.45) is 0.803. The quantitative estimate of drug-likeness (QED) is 0.590. The van der Waals surface area contributed by atoms with Crippen molar-refractivity contribution in [3.05, 3.63) is 58.2 Å². The zero-order valence-electron chi connectivity index (χ0n) is 16.2. The second kappa shape index (κ2) is 7.48. The summed E-state index contributed by atoms with van der Waals surface area (Å²) in [6, 6.07) is 10.0. The molecule has 0 unspecified atom stereocenters. The Labute approximate surface area is 174 Å². The van der Waals surface area contributed by atoms with E-state index in [0.29, 0.717) is 22.5 Å². The van der Waals surface area contributed by atoms with Crippen LogP contribution in [0.4, 0.5) is 0 Å². The van der Waals surface area contributed by atoms with Crippen LogP contribution >= 0.6 is 11.6 Å². The molecule has 8 heteroatoms. The first-order chi connectivity index (χ1) is 13.8. The van der Waals surface area contributed by atoms with Gasteiger partial charge in [0.15, 0.2) is 0 Å². The summed E-state index contributed by atoms with van der Waals surface area (Å²) in [4.78, 5) is 16.1. The fraction of sp³-hybridized carbons (Fsp3) is 0.286. The highest BCUT2D eigenvalue weighted by molar-refractivity contribution is 7.91. The van der Waals surface area contributed by atoms with Crippen molar-refractivity contribution in [2.24, 2.45) is 0 Å². The number of fused-ring (bicyclic) bond motifs is 1. The minimum atomic E-state index is -3.96. The number of aryl methyl sites for hydroxylation is 2. The summed E-state index contributed by atoms with van der Waals surface area (Å²) in [5.41, 5.74) is 2.26. The molecule has 4 rings (SSSR count). The predicted molar refractivity (Wildman–Crippen MR) is 113 cm³/mol. The van der Waals surface area contributed by atoms with E-state index >= 15 is 0 Å². The maximum absolute atomic E-state index is 13.6. The molecule has 29 heavy (non-hydrogen) atoms. The number of H-pyrrole nitrogens is 1. The molecular formula is C21H22ClN3O3S. The summed E-state index contributed by atoms with van der Waals surface area (Å²) < 4.78 is 27.3. The minimum absolute atomic E-state index is 0.0331. The van der Waals surface area contributed by atoms with Gasteiger partial charge in [-0.2, -0.15) is 0 Å². The number of aromatic nitrogens is 1. The van der Waals surface area contributed by atoms with Gasteiger partial charge in [-0.1, -0.05) is 17.7 Å². The Morgan fingerprint density at radius 3 is 2.52 bits per heavy atom. The molecule has 1 aliphatic heterocycles. The van der Waals surface area contributed by atoms with E-state index in [1.807, 2.05) is 19.9 Å². The van der Waals surface area contributed by atoms with Crippen molar-refractivity contribution in [1.29, 1.82) is 0 Å². The van der Waals surface area contributed by atoms with Crippen LogP contribution in [0.2, 0.25) is 5.02 Å². The van der Waals surface area contributed by atoms with Crippen LogP contribution in [0.15, 0.2) is 46.2 Å². The van der Waals surface area contributed by atoms with E-state index < -0.39 is 15.7 Å². The number of hydrogen-bond donors (Lipinski definition) is 3. The van der Waals surface area contributed by atoms with Gasteiger partial charge in [0.1, 0.15) is 10.6 Å². The lowest BCUT2D eigenvalue weighted by Crippen LogP contribution is -2.37. The predicted octanol–water partition coefficient (Wildman–Crippen LogP) is 3.36. The molecule has 2 heterocycles. The lowest BCUT2D eigenvalue weighted by molar-refractivity contribution is 0.0932. The van der Waals surface area contributed by atoms with Gasteiger partial charge >= 0.3 is 0 Å². The molecular weight excluding hydrogens is 410 g/mol. The first-order valence-electron chi connectivity index (χ1n) is 9.42. The number of hydrogen-bond acceptors (Lipinski definition) is 4. The number of halogens is 1. The molecule has 6 nitrogen and oxygen atoms in total. The van der Waals surface area contributed by atoms with Crippen LogP contribution in [-0.4, -0.2) is 38.4 Å². The van der Waals surface area contributed by atoms with Gasteiger partial charge < -0.3 is 15.6 Å². The minimum Gasteiger partial charge on any atom is -0.349 e. The second-order valence-electron chi connectivity index (χ2n) is 7.51. The van der Waals surface area contributed by atoms with Crippen molar-refractivity contribution in [2.45, 2.75) is 36.1 Å². The first-order valence-corrected chi connectivity index (χ1v) is 11.3. The van der Waals surface area contributed by atoms with Crippen LogP contribution in [0.5, 0.6) is 0 Å². The molecule has 152 valence electrons. The Kier molecular flexibility index (Phi) is 5.14. The molecule has 1 aliphatic rings. The van der Waals surface area contributed by atoms with E-state index in [-0.39, 0.29) is 21.5 Å². The van der Waals surface area contributed by atoms with Gasteiger partial charge in [-0.25, -0.2) is 8.42 Å². The number of nitrogens with one attached hydrogen (secondary N) is 3. The Balaban J connectivity index is 1.91. The van der Waals surface area contributed by atoms with Crippen LogP contribution < -0.4 is 10.6 Å². The Bertz CT molecular complexity index is 1190. The van der Waals surface area contributed by atoms with Crippen molar-refractivity contribution in [2.75, 3.05) is 13.1 Å². The standard InChI is InChI=1S/C21H22ClN3O3S/c1-12-7-13(2)9-16(8-12)29(27,28)20-17-10-14(22)3-4-18(17)25-19(20)21(26)24-15-5-6-23-11-15/h3-4,7-10,15,23,25H,5-6,11H2,1-2H3,(H,24,26)/t15-/m0/s1. The zero-order chi connectivity index (χ0) is 20.8. The molecule has 0 spiro atoms. The van der Waals surface area contributed by atoms with Crippen molar-refractivity contribution in [1.82, 2.24) is 15.6 Å². The second-order valence-corrected chi connectivity index (χ2v) is 9.83. The number of carbonyl (C=O) groups excluding carboxylic acids is 1. The highest BCUT2D eigenvalue weighted by Crippen LogP contribution is 2.34. The van der Waals surface area contributed by atoms with E-state index in [1.165, 1.54) is 0 Å². The smallest absolute Gasteiger partial charge is 0.269 e. The topological polar surface area (TPSA) is 91.1 Å². The maximum Gasteiger partial charge on any atom is 0.269 e. The summed E-state index contributed by atoms with van der Waals surface area (Å²) in [5.74, 6) is -0.436. The van der Waals surface area contributed by atoms with Crippen LogP contribution in [0.25, 0.3) is 10.9 Å². The number of benzene rings is 2. The van der Waals surface area contributed by atoms with E-state index in [1.54, 1.807) is 30.3 Å². The average molecular weight is 432 g/mol. The molecule has 1 atom stereocenters.